The van der Waals surface area contributed by atoms with E-state index in [2.05, 4.69) is 20.3 Å². The summed E-state index contributed by atoms with van der Waals surface area (Å²) in [5.41, 5.74) is 2.33. The highest BCUT2D eigenvalue weighted by molar-refractivity contribution is 6.04. The summed E-state index contributed by atoms with van der Waals surface area (Å²) in [5, 5.41) is 2.38. The Balaban J connectivity index is 1.51. The standard InChI is InChI=1S/C24H22F3N5O/c1-3-15-9-18(26)22(19(27)10-15)24(33)31-21-12-29-20(11-30-21)16-13-32(8-6-14(16)2)23-17(25)5-4-7-28-23/h4-5,7,9-12H,3,6,8,13H2,1-2H3,(H,30,31,33). The number of carbonyl (C=O) groups excluding carboxylic acids is 1. The highest BCUT2D eigenvalue weighted by Gasteiger charge is 2.23. The molecule has 1 amide bonds. The number of pyridine rings is 1. The summed E-state index contributed by atoms with van der Waals surface area (Å²) in [5.74, 6) is -2.87. The number of hydrogen-bond donors (Lipinski definition) is 1. The lowest BCUT2D eigenvalue weighted by atomic mass is 9.99. The van der Waals surface area contributed by atoms with Gasteiger partial charge in [-0.3, -0.25) is 9.78 Å². The Morgan fingerprint density at radius 3 is 2.48 bits per heavy atom. The SMILES string of the molecule is CCc1cc(F)c(C(=O)Nc2cnc(C3=C(C)CCN(c4ncccc4F)C3)cn2)c(F)c1. The van der Waals surface area contributed by atoms with Gasteiger partial charge in [0, 0.05) is 19.3 Å². The molecule has 3 heterocycles. The van der Waals surface area contributed by atoms with E-state index in [1.165, 1.54) is 18.5 Å². The van der Waals surface area contributed by atoms with E-state index in [0.29, 0.717) is 37.2 Å². The van der Waals surface area contributed by atoms with Gasteiger partial charge in [-0.15, -0.1) is 0 Å². The summed E-state index contributed by atoms with van der Waals surface area (Å²) in [7, 11) is 0. The van der Waals surface area contributed by atoms with Crippen LogP contribution in [0.1, 0.15) is 41.9 Å². The van der Waals surface area contributed by atoms with Crippen LogP contribution < -0.4 is 10.2 Å². The van der Waals surface area contributed by atoms with Crippen molar-refractivity contribution in [2.45, 2.75) is 26.7 Å². The fourth-order valence-electron chi connectivity index (χ4n) is 3.72. The van der Waals surface area contributed by atoms with Gasteiger partial charge >= 0.3 is 0 Å². The Labute approximate surface area is 189 Å². The highest BCUT2D eigenvalue weighted by atomic mass is 19.1. The fraction of sp³-hybridized carbons (Fsp3) is 0.250. The van der Waals surface area contributed by atoms with Crippen molar-refractivity contribution in [2.75, 3.05) is 23.3 Å². The number of anilines is 2. The summed E-state index contributed by atoms with van der Waals surface area (Å²) < 4.78 is 42.6. The predicted octanol–water partition coefficient (Wildman–Crippen LogP) is 4.79. The Hall–Kier alpha value is -3.75. The molecule has 0 fully saturated rings. The monoisotopic (exact) mass is 453 g/mol. The second kappa shape index (κ2) is 9.40. The molecule has 4 rings (SSSR count). The molecule has 170 valence electrons. The number of aryl methyl sites for hydroxylation is 1. The van der Waals surface area contributed by atoms with Gasteiger partial charge in [0.25, 0.3) is 5.91 Å². The van der Waals surface area contributed by atoms with Gasteiger partial charge in [-0.2, -0.15) is 0 Å². The Morgan fingerprint density at radius 1 is 1.09 bits per heavy atom. The third-order valence-corrected chi connectivity index (χ3v) is 5.60. The summed E-state index contributed by atoms with van der Waals surface area (Å²) in [4.78, 5) is 26.9. The maximum Gasteiger partial charge on any atom is 0.262 e. The number of halogens is 3. The van der Waals surface area contributed by atoms with Crippen molar-refractivity contribution in [1.29, 1.82) is 0 Å². The van der Waals surface area contributed by atoms with Gasteiger partial charge in [-0.25, -0.2) is 23.1 Å². The van der Waals surface area contributed by atoms with Crippen molar-refractivity contribution in [1.82, 2.24) is 15.0 Å². The highest BCUT2D eigenvalue weighted by Crippen LogP contribution is 2.29. The Bertz CT molecular complexity index is 1200. The topological polar surface area (TPSA) is 71.0 Å². The average Bonchev–Trinajstić information content (AvgIpc) is 2.80. The molecule has 1 aromatic carbocycles. The van der Waals surface area contributed by atoms with Gasteiger partial charge in [0.15, 0.2) is 17.5 Å². The normalized spacial score (nSPS) is 13.9. The zero-order valence-electron chi connectivity index (χ0n) is 18.2. The lowest BCUT2D eigenvalue weighted by Crippen LogP contribution is -2.32. The molecule has 1 N–H and O–H groups in total. The van der Waals surface area contributed by atoms with Crippen LogP contribution >= 0.6 is 0 Å². The molecule has 1 aliphatic heterocycles. The molecule has 6 nitrogen and oxygen atoms in total. The molecule has 0 bridgehead atoms. The van der Waals surface area contributed by atoms with E-state index < -0.39 is 28.9 Å². The van der Waals surface area contributed by atoms with Gasteiger partial charge < -0.3 is 10.2 Å². The maximum absolute atomic E-state index is 14.2. The minimum atomic E-state index is -0.945. The Morgan fingerprint density at radius 2 is 1.85 bits per heavy atom. The van der Waals surface area contributed by atoms with Gasteiger partial charge in [0.2, 0.25) is 0 Å². The molecular weight excluding hydrogens is 431 g/mol. The largest absolute Gasteiger partial charge is 0.349 e. The molecule has 33 heavy (non-hydrogen) atoms. The van der Waals surface area contributed by atoms with E-state index in [4.69, 9.17) is 0 Å². The number of nitrogens with one attached hydrogen (secondary N) is 1. The van der Waals surface area contributed by atoms with Crippen molar-refractivity contribution >= 4 is 23.1 Å². The molecule has 2 aromatic heterocycles. The predicted molar refractivity (Wildman–Crippen MR) is 119 cm³/mol. The molecule has 1 aliphatic rings. The molecule has 9 heteroatoms. The number of amides is 1. The first-order valence-corrected chi connectivity index (χ1v) is 10.5. The number of aromatic nitrogens is 3. The molecule has 0 aliphatic carbocycles. The molecular formula is C24H22F3N5O. The zero-order valence-corrected chi connectivity index (χ0v) is 18.2. The second-order valence-corrected chi connectivity index (χ2v) is 7.77. The van der Waals surface area contributed by atoms with Gasteiger partial charge in [0.1, 0.15) is 17.2 Å². The summed E-state index contributed by atoms with van der Waals surface area (Å²) in [6.07, 6.45) is 5.49. The van der Waals surface area contributed by atoms with Crippen LogP contribution in [-0.2, 0) is 6.42 Å². The van der Waals surface area contributed by atoms with Gasteiger partial charge in [-0.05, 0) is 55.2 Å². The summed E-state index contributed by atoms with van der Waals surface area (Å²) in [6, 6.07) is 5.19. The lowest BCUT2D eigenvalue weighted by Gasteiger charge is -2.30. The first-order valence-electron chi connectivity index (χ1n) is 10.5. The second-order valence-electron chi connectivity index (χ2n) is 7.77. The third kappa shape index (κ3) is 4.72. The van der Waals surface area contributed by atoms with Crippen molar-refractivity contribution in [3.63, 3.8) is 0 Å². The molecule has 0 atom stereocenters. The van der Waals surface area contributed by atoms with E-state index in [1.807, 2.05) is 11.8 Å². The molecule has 0 saturated carbocycles. The first-order chi connectivity index (χ1) is 15.9. The minimum absolute atomic E-state index is 0.0591. The van der Waals surface area contributed by atoms with Gasteiger partial charge in [0.05, 0.1) is 18.1 Å². The third-order valence-electron chi connectivity index (χ3n) is 5.60. The van der Waals surface area contributed by atoms with E-state index in [0.717, 1.165) is 23.3 Å². The van der Waals surface area contributed by atoms with Crippen molar-refractivity contribution < 1.29 is 18.0 Å². The zero-order chi connectivity index (χ0) is 23.5. The summed E-state index contributed by atoms with van der Waals surface area (Å²) in [6.45, 7) is 4.77. The number of hydrogen-bond acceptors (Lipinski definition) is 5. The number of carbonyl (C=O) groups is 1. The van der Waals surface area contributed by atoms with Crippen LogP contribution in [0.4, 0.5) is 24.8 Å². The van der Waals surface area contributed by atoms with Crippen LogP contribution in [0.3, 0.4) is 0 Å². The number of nitrogens with zero attached hydrogens (tertiary/aromatic N) is 4. The maximum atomic E-state index is 14.2. The van der Waals surface area contributed by atoms with E-state index >= 15 is 0 Å². The van der Waals surface area contributed by atoms with Crippen LogP contribution in [0, 0.1) is 17.5 Å². The average molecular weight is 453 g/mol. The summed E-state index contributed by atoms with van der Waals surface area (Å²) >= 11 is 0. The van der Waals surface area contributed by atoms with Crippen molar-refractivity contribution in [2.24, 2.45) is 0 Å². The molecule has 0 saturated heterocycles. The molecule has 0 unspecified atom stereocenters. The lowest BCUT2D eigenvalue weighted by molar-refractivity contribution is 0.101. The van der Waals surface area contributed by atoms with Gasteiger partial charge in [-0.1, -0.05) is 12.5 Å². The molecule has 0 radical (unpaired) electrons. The quantitative estimate of drug-likeness (QED) is 0.602. The minimum Gasteiger partial charge on any atom is -0.349 e. The first kappa shape index (κ1) is 22.4. The fourth-order valence-corrected chi connectivity index (χ4v) is 3.72. The van der Waals surface area contributed by atoms with Crippen LogP contribution in [0.15, 0.2) is 48.4 Å². The number of benzene rings is 1. The smallest absolute Gasteiger partial charge is 0.262 e. The number of rotatable bonds is 5. The molecule has 3 aromatic rings. The molecule has 0 spiro atoms. The van der Waals surface area contributed by atoms with Crippen molar-refractivity contribution in [3.05, 3.63) is 82.7 Å². The van der Waals surface area contributed by atoms with Crippen molar-refractivity contribution in [3.8, 4) is 0 Å². The van der Waals surface area contributed by atoms with Crippen LogP contribution in [0.25, 0.3) is 5.57 Å². The van der Waals surface area contributed by atoms with E-state index in [9.17, 15) is 18.0 Å². The van der Waals surface area contributed by atoms with Crippen LogP contribution in [-0.4, -0.2) is 33.9 Å². The van der Waals surface area contributed by atoms with E-state index in [-0.39, 0.29) is 11.6 Å². The van der Waals surface area contributed by atoms with Crippen LogP contribution in [0.5, 0.6) is 0 Å². The van der Waals surface area contributed by atoms with E-state index in [1.54, 1.807) is 19.2 Å². The van der Waals surface area contributed by atoms with Crippen LogP contribution in [0.2, 0.25) is 0 Å². The Kier molecular flexibility index (Phi) is 6.39.